The molecule has 0 radical (unpaired) electrons. The molecule has 0 saturated heterocycles. The van der Waals surface area contributed by atoms with E-state index in [1.54, 1.807) is 6.26 Å². The Labute approximate surface area is 89.4 Å². The fourth-order valence-electron chi connectivity index (χ4n) is 0.984. The molecule has 1 atom stereocenters. The van der Waals surface area contributed by atoms with Gasteiger partial charge >= 0.3 is 0 Å². The van der Waals surface area contributed by atoms with E-state index in [2.05, 4.69) is 10.3 Å². The Kier molecular flexibility index (Phi) is 4.23. The molecule has 0 bridgehead atoms. The van der Waals surface area contributed by atoms with Crippen molar-refractivity contribution in [1.29, 1.82) is 0 Å². The third-order valence-electron chi connectivity index (χ3n) is 1.69. The molecule has 1 rings (SSSR count). The summed E-state index contributed by atoms with van der Waals surface area (Å²) >= 11 is 0. The van der Waals surface area contributed by atoms with Crippen LogP contribution in [-0.4, -0.2) is 33.7 Å². The van der Waals surface area contributed by atoms with E-state index in [0.717, 1.165) is 0 Å². The van der Waals surface area contributed by atoms with Gasteiger partial charge in [-0.15, -0.1) is 0 Å². The first-order valence-electron chi connectivity index (χ1n) is 4.37. The van der Waals surface area contributed by atoms with E-state index in [9.17, 15) is 13.8 Å². The van der Waals surface area contributed by atoms with E-state index < -0.39 is 10.8 Å². The van der Waals surface area contributed by atoms with Crippen LogP contribution >= 0.6 is 0 Å². The molecule has 1 amide bonds. The molecule has 6 heteroatoms. The molecule has 1 aromatic heterocycles. The molecule has 2 N–H and O–H groups in total. The first-order chi connectivity index (χ1) is 7.09. The van der Waals surface area contributed by atoms with E-state index in [0.29, 0.717) is 12.3 Å². The Balaban J connectivity index is 2.54. The Hall–Kier alpha value is -1.43. The number of nitrogens with one attached hydrogen (secondary N) is 2. The van der Waals surface area contributed by atoms with Gasteiger partial charge in [0.1, 0.15) is 5.69 Å². The first-order valence-corrected chi connectivity index (χ1v) is 6.10. The van der Waals surface area contributed by atoms with Crippen LogP contribution < -0.4 is 10.9 Å². The van der Waals surface area contributed by atoms with Crippen molar-refractivity contribution < 1.29 is 9.00 Å². The van der Waals surface area contributed by atoms with E-state index in [1.807, 2.05) is 0 Å². The van der Waals surface area contributed by atoms with Gasteiger partial charge in [0.2, 0.25) is 5.56 Å². The van der Waals surface area contributed by atoms with Crippen LogP contribution in [0.2, 0.25) is 0 Å². The number of pyridine rings is 1. The number of carbonyl (C=O) groups excluding carboxylic acids is 1. The minimum absolute atomic E-state index is 0.212. The maximum atomic E-state index is 11.4. The Morgan fingerprint density at radius 2 is 2.27 bits per heavy atom. The van der Waals surface area contributed by atoms with E-state index in [4.69, 9.17) is 0 Å². The van der Waals surface area contributed by atoms with Crippen molar-refractivity contribution in [2.24, 2.45) is 0 Å². The Morgan fingerprint density at radius 1 is 1.53 bits per heavy atom. The molecule has 5 nitrogen and oxygen atoms in total. The lowest BCUT2D eigenvalue weighted by molar-refractivity contribution is 0.0951. The lowest BCUT2D eigenvalue weighted by Gasteiger charge is -2.02. The van der Waals surface area contributed by atoms with Gasteiger partial charge in [-0.2, -0.15) is 0 Å². The van der Waals surface area contributed by atoms with Crippen molar-refractivity contribution in [3.63, 3.8) is 0 Å². The molecule has 1 unspecified atom stereocenters. The molecule has 0 saturated carbocycles. The summed E-state index contributed by atoms with van der Waals surface area (Å²) in [5.74, 6) is 0.0427. The molecular weight excluding hydrogens is 216 g/mol. The molecule has 0 aliphatic heterocycles. The van der Waals surface area contributed by atoms with Gasteiger partial charge < -0.3 is 10.3 Å². The molecule has 1 aromatic rings. The fraction of sp³-hybridized carbons (Fsp3) is 0.333. The van der Waals surface area contributed by atoms with Crippen molar-refractivity contribution >= 4 is 16.7 Å². The van der Waals surface area contributed by atoms with Gasteiger partial charge in [0.25, 0.3) is 5.91 Å². The molecule has 0 spiro atoms. The number of carbonyl (C=O) groups is 1. The lowest BCUT2D eigenvalue weighted by Crippen LogP contribution is -2.29. The molecule has 1 heterocycles. The van der Waals surface area contributed by atoms with E-state index in [1.165, 1.54) is 18.2 Å². The number of aromatic amines is 1. The maximum absolute atomic E-state index is 11.4. The number of amides is 1. The van der Waals surface area contributed by atoms with Crippen LogP contribution in [0.15, 0.2) is 23.0 Å². The number of rotatable bonds is 4. The normalized spacial score (nSPS) is 12.1. The summed E-state index contributed by atoms with van der Waals surface area (Å²) in [6.45, 7) is 0.332. The van der Waals surface area contributed by atoms with Crippen molar-refractivity contribution in [2.75, 3.05) is 18.6 Å². The summed E-state index contributed by atoms with van der Waals surface area (Å²) in [7, 11) is -0.929. The number of hydrogen-bond acceptors (Lipinski definition) is 3. The van der Waals surface area contributed by atoms with Crippen LogP contribution in [-0.2, 0) is 10.8 Å². The third-order valence-corrected chi connectivity index (χ3v) is 2.47. The number of hydrogen-bond donors (Lipinski definition) is 2. The highest BCUT2D eigenvalue weighted by Crippen LogP contribution is 1.89. The predicted octanol–water partition coefficient (Wildman–Crippen LogP) is -0.517. The Morgan fingerprint density at radius 3 is 2.87 bits per heavy atom. The van der Waals surface area contributed by atoms with Crippen LogP contribution in [0.5, 0.6) is 0 Å². The highest BCUT2D eigenvalue weighted by atomic mass is 32.2. The largest absolute Gasteiger partial charge is 0.350 e. The number of H-pyrrole nitrogens is 1. The molecule has 0 aromatic carbocycles. The van der Waals surface area contributed by atoms with Crippen molar-refractivity contribution in [3.05, 3.63) is 34.2 Å². The van der Waals surface area contributed by atoms with Crippen LogP contribution in [0.25, 0.3) is 0 Å². The smallest absolute Gasteiger partial charge is 0.267 e. The van der Waals surface area contributed by atoms with Crippen molar-refractivity contribution in [3.8, 4) is 0 Å². The summed E-state index contributed by atoms with van der Waals surface area (Å²) in [5, 5.41) is 2.56. The van der Waals surface area contributed by atoms with E-state index in [-0.39, 0.29) is 17.2 Å². The summed E-state index contributed by atoms with van der Waals surface area (Å²) < 4.78 is 10.7. The van der Waals surface area contributed by atoms with Gasteiger partial charge in [-0.3, -0.25) is 13.8 Å². The fourth-order valence-corrected chi connectivity index (χ4v) is 1.37. The van der Waals surface area contributed by atoms with Crippen molar-refractivity contribution in [1.82, 2.24) is 10.3 Å². The molecule has 0 fully saturated rings. The van der Waals surface area contributed by atoms with Gasteiger partial charge in [0, 0.05) is 35.4 Å². The average Bonchev–Trinajstić information content (AvgIpc) is 2.17. The zero-order chi connectivity index (χ0) is 11.3. The van der Waals surface area contributed by atoms with Gasteiger partial charge in [-0.25, -0.2) is 0 Å². The second-order valence-electron chi connectivity index (χ2n) is 2.96. The van der Waals surface area contributed by atoms with Gasteiger partial charge in [-0.1, -0.05) is 6.07 Å². The maximum Gasteiger partial charge on any atom is 0.267 e. The standard InChI is InChI=1S/C9H12N2O3S/c1-15(14)6-5-10-9(13)7-3-2-4-8(12)11-7/h2-4H,5-6H2,1H3,(H,10,13)(H,11,12). The SMILES string of the molecule is CS(=O)CCNC(=O)c1cccc(=O)[nH]1. The second-order valence-corrected chi connectivity index (χ2v) is 4.52. The molecule has 82 valence electrons. The highest BCUT2D eigenvalue weighted by molar-refractivity contribution is 7.84. The molecule has 15 heavy (non-hydrogen) atoms. The molecule has 0 aliphatic rings. The van der Waals surface area contributed by atoms with Crippen LogP contribution in [0.1, 0.15) is 10.5 Å². The van der Waals surface area contributed by atoms with Crippen LogP contribution in [0.3, 0.4) is 0 Å². The summed E-state index contributed by atoms with van der Waals surface area (Å²) in [5.41, 5.74) is -0.105. The van der Waals surface area contributed by atoms with Gasteiger partial charge in [0.15, 0.2) is 0 Å². The average molecular weight is 228 g/mol. The monoisotopic (exact) mass is 228 g/mol. The quantitative estimate of drug-likeness (QED) is 0.728. The predicted molar refractivity (Wildman–Crippen MR) is 58.3 cm³/mol. The van der Waals surface area contributed by atoms with Crippen LogP contribution in [0.4, 0.5) is 0 Å². The third kappa shape index (κ3) is 4.07. The zero-order valence-electron chi connectivity index (χ0n) is 8.28. The van der Waals surface area contributed by atoms with Crippen molar-refractivity contribution in [2.45, 2.75) is 0 Å². The molecular formula is C9H12N2O3S. The summed E-state index contributed by atoms with van der Waals surface area (Å²) in [6.07, 6.45) is 1.57. The highest BCUT2D eigenvalue weighted by Gasteiger charge is 2.04. The Bertz CT molecular complexity index is 427. The zero-order valence-corrected chi connectivity index (χ0v) is 9.10. The van der Waals surface area contributed by atoms with Crippen LogP contribution in [0, 0.1) is 0 Å². The lowest BCUT2D eigenvalue weighted by atomic mass is 10.3. The van der Waals surface area contributed by atoms with E-state index >= 15 is 0 Å². The van der Waals surface area contributed by atoms with Gasteiger partial charge in [0.05, 0.1) is 0 Å². The second kappa shape index (κ2) is 5.45. The topological polar surface area (TPSA) is 79.0 Å². The summed E-state index contributed by atoms with van der Waals surface area (Å²) in [4.78, 5) is 24.7. The summed E-state index contributed by atoms with van der Waals surface area (Å²) in [6, 6.07) is 4.35. The number of aromatic nitrogens is 1. The minimum atomic E-state index is -0.929. The van der Waals surface area contributed by atoms with Gasteiger partial charge in [-0.05, 0) is 6.07 Å². The molecule has 0 aliphatic carbocycles. The first kappa shape index (κ1) is 11.6. The minimum Gasteiger partial charge on any atom is -0.350 e.